The second-order valence-corrected chi connectivity index (χ2v) is 5.49. The van der Waals surface area contributed by atoms with Crippen LogP contribution in [0.4, 0.5) is 10.5 Å². The molecule has 4 heteroatoms. The number of benzene rings is 1. The molecule has 1 amide bonds. The first-order valence-electron chi connectivity index (χ1n) is 7.03. The van der Waals surface area contributed by atoms with Gasteiger partial charge < -0.3 is 10.5 Å². The molecule has 1 spiro atoms. The summed E-state index contributed by atoms with van der Waals surface area (Å²) < 4.78 is 5.75. The molecular formula is C15H20N2O2. The Hall–Kier alpha value is -1.55. The Morgan fingerprint density at radius 2 is 1.95 bits per heavy atom. The number of carbonyl (C=O) groups excluding carboxylic acids is 1. The van der Waals surface area contributed by atoms with Gasteiger partial charge in [-0.3, -0.25) is 4.90 Å². The molecule has 1 heterocycles. The van der Waals surface area contributed by atoms with Gasteiger partial charge >= 0.3 is 6.09 Å². The number of nitrogens with two attached hydrogens (primary N) is 1. The quantitative estimate of drug-likeness (QED) is 0.889. The van der Waals surface area contributed by atoms with Crippen molar-refractivity contribution in [3.63, 3.8) is 0 Å². The zero-order chi connectivity index (χ0) is 13.3. The predicted molar refractivity (Wildman–Crippen MR) is 74.0 cm³/mol. The van der Waals surface area contributed by atoms with Gasteiger partial charge in [-0.1, -0.05) is 18.2 Å². The highest BCUT2D eigenvalue weighted by atomic mass is 16.6. The number of carbonyl (C=O) groups is 1. The van der Waals surface area contributed by atoms with Crippen molar-refractivity contribution in [3.8, 4) is 0 Å². The van der Waals surface area contributed by atoms with E-state index in [4.69, 9.17) is 10.5 Å². The average Bonchev–Trinajstić information content (AvgIpc) is 2.87. The third kappa shape index (κ3) is 2.21. The van der Waals surface area contributed by atoms with Gasteiger partial charge in [-0.05, 0) is 37.3 Å². The van der Waals surface area contributed by atoms with Gasteiger partial charge in [0.25, 0.3) is 0 Å². The van der Waals surface area contributed by atoms with Gasteiger partial charge in [-0.25, -0.2) is 4.79 Å². The van der Waals surface area contributed by atoms with Gasteiger partial charge in [-0.15, -0.1) is 0 Å². The Morgan fingerprint density at radius 3 is 2.63 bits per heavy atom. The molecular weight excluding hydrogens is 240 g/mol. The number of rotatable bonds is 2. The van der Waals surface area contributed by atoms with E-state index >= 15 is 0 Å². The highest BCUT2D eigenvalue weighted by molar-refractivity contribution is 5.89. The SMILES string of the molecule is NCc1ccccc1N1CCC2(CCCC2)OC1=O. The summed E-state index contributed by atoms with van der Waals surface area (Å²) in [7, 11) is 0. The standard InChI is InChI=1S/C15H20N2O2/c16-11-12-5-1-2-6-13(12)17-10-9-15(19-14(17)18)7-3-4-8-15/h1-2,5-6H,3-4,7-11,16H2. The summed E-state index contributed by atoms with van der Waals surface area (Å²) in [6.07, 6.45) is 5.10. The maximum absolute atomic E-state index is 12.3. The third-order valence-electron chi connectivity index (χ3n) is 4.33. The smallest absolute Gasteiger partial charge is 0.414 e. The lowest BCUT2D eigenvalue weighted by Crippen LogP contribution is -2.48. The number of hydrogen-bond donors (Lipinski definition) is 1. The molecule has 0 bridgehead atoms. The molecule has 4 nitrogen and oxygen atoms in total. The van der Waals surface area contributed by atoms with Crippen LogP contribution in [0.3, 0.4) is 0 Å². The minimum atomic E-state index is -0.214. The van der Waals surface area contributed by atoms with E-state index in [1.807, 2.05) is 24.3 Å². The first-order valence-corrected chi connectivity index (χ1v) is 7.03. The van der Waals surface area contributed by atoms with Crippen LogP contribution in [0.1, 0.15) is 37.7 Å². The summed E-state index contributed by atoms with van der Waals surface area (Å²) in [5, 5.41) is 0. The molecule has 0 radical (unpaired) electrons. The minimum Gasteiger partial charge on any atom is -0.442 e. The molecule has 1 saturated heterocycles. The Bertz CT molecular complexity index is 481. The van der Waals surface area contributed by atoms with E-state index in [0.717, 1.165) is 37.1 Å². The third-order valence-corrected chi connectivity index (χ3v) is 4.33. The monoisotopic (exact) mass is 260 g/mol. The van der Waals surface area contributed by atoms with E-state index < -0.39 is 0 Å². The van der Waals surface area contributed by atoms with Gasteiger partial charge in [0.1, 0.15) is 5.60 Å². The van der Waals surface area contributed by atoms with Crippen molar-refractivity contribution < 1.29 is 9.53 Å². The van der Waals surface area contributed by atoms with E-state index in [2.05, 4.69) is 0 Å². The van der Waals surface area contributed by atoms with Crippen molar-refractivity contribution in [2.45, 2.75) is 44.2 Å². The second-order valence-electron chi connectivity index (χ2n) is 5.49. The molecule has 2 aliphatic rings. The minimum absolute atomic E-state index is 0.175. The maximum Gasteiger partial charge on any atom is 0.414 e. The van der Waals surface area contributed by atoms with E-state index in [9.17, 15) is 4.79 Å². The lowest BCUT2D eigenvalue weighted by atomic mass is 9.95. The van der Waals surface area contributed by atoms with Crippen LogP contribution in [0.2, 0.25) is 0 Å². The first kappa shape index (κ1) is 12.5. The first-order chi connectivity index (χ1) is 9.24. The summed E-state index contributed by atoms with van der Waals surface area (Å²) >= 11 is 0. The van der Waals surface area contributed by atoms with Crippen molar-refractivity contribution in [3.05, 3.63) is 29.8 Å². The van der Waals surface area contributed by atoms with Gasteiger partial charge in [0, 0.05) is 19.5 Å². The van der Waals surface area contributed by atoms with Gasteiger partial charge in [0.15, 0.2) is 0 Å². The number of amides is 1. The van der Waals surface area contributed by atoms with Crippen molar-refractivity contribution in [1.82, 2.24) is 0 Å². The molecule has 1 aromatic rings. The number of para-hydroxylation sites is 1. The lowest BCUT2D eigenvalue weighted by Gasteiger charge is -2.39. The van der Waals surface area contributed by atoms with Crippen molar-refractivity contribution in [2.75, 3.05) is 11.4 Å². The van der Waals surface area contributed by atoms with E-state index in [-0.39, 0.29) is 11.7 Å². The topological polar surface area (TPSA) is 55.6 Å². The van der Waals surface area contributed by atoms with Crippen LogP contribution in [-0.4, -0.2) is 18.2 Å². The molecule has 2 fully saturated rings. The Morgan fingerprint density at radius 1 is 1.21 bits per heavy atom. The highest BCUT2D eigenvalue weighted by Gasteiger charge is 2.43. The molecule has 0 aromatic heterocycles. The second kappa shape index (κ2) is 4.85. The molecule has 1 saturated carbocycles. The zero-order valence-electron chi connectivity index (χ0n) is 11.1. The fraction of sp³-hybridized carbons (Fsp3) is 0.533. The number of hydrogen-bond acceptors (Lipinski definition) is 3. The molecule has 1 aromatic carbocycles. The van der Waals surface area contributed by atoms with Crippen LogP contribution < -0.4 is 10.6 Å². The highest BCUT2D eigenvalue weighted by Crippen LogP contribution is 2.40. The normalized spacial score (nSPS) is 21.7. The molecule has 2 N–H and O–H groups in total. The number of anilines is 1. The summed E-state index contributed by atoms with van der Waals surface area (Å²) in [5.41, 5.74) is 7.44. The van der Waals surface area contributed by atoms with Crippen LogP contribution in [-0.2, 0) is 11.3 Å². The van der Waals surface area contributed by atoms with E-state index in [1.165, 1.54) is 12.8 Å². The maximum atomic E-state index is 12.3. The molecule has 3 rings (SSSR count). The van der Waals surface area contributed by atoms with Crippen LogP contribution >= 0.6 is 0 Å². The van der Waals surface area contributed by atoms with E-state index in [1.54, 1.807) is 4.90 Å². The fourth-order valence-corrected chi connectivity index (χ4v) is 3.24. The van der Waals surface area contributed by atoms with Crippen molar-refractivity contribution >= 4 is 11.8 Å². The lowest BCUT2D eigenvalue weighted by molar-refractivity contribution is 0.000511. The predicted octanol–water partition coefficient (Wildman–Crippen LogP) is 2.80. The van der Waals surface area contributed by atoms with Gasteiger partial charge in [-0.2, -0.15) is 0 Å². The molecule has 1 aliphatic heterocycles. The number of nitrogens with zero attached hydrogens (tertiary/aromatic N) is 1. The van der Waals surface area contributed by atoms with Crippen LogP contribution in [0.25, 0.3) is 0 Å². The number of ether oxygens (including phenoxy) is 1. The summed E-state index contributed by atoms with van der Waals surface area (Å²) in [4.78, 5) is 14.0. The Labute approximate surface area is 113 Å². The molecule has 102 valence electrons. The van der Waals surface area contributed by atoms with Crippen molar-refractivity contribution in [1.29, 1.82) is 0 Å². The van der Waals surface area contributed by atoms with Gasteiger partial charge in [0.05, 0.1) is 5.69 Å². The van der Waals surface area contributed by atoms with Crippen LogP contribution in [0, 0.1) is 0 Å². The van der Waals surface area contributed by atoms with Crippen molar-refractivity contribution in [2.24, 2.45) is 5.73 Å². The average molecular weight is 260 g/mol. The molecule has 1 aliphatic carbocycles. The summed E-state index contributed by atoms with van der Waals surface area (Å²) in [6, 6.07) is 7.78. The fourth-order valence-electron chi connectivity index (χ4n) is 3.24. The Kier molecular flexibility index (Phi) is 3.19. The van der Waals surface area contributed by atoms with E-state index in [0.29, 0.717) is 6.54 Å². The molecule has 19 heavy (non-hydrogen) atoms. The Balaban J connectivity index is 1.82. The molecule has 0 atom stereocenters. The van der Waals surface area contributed by atoms with Crippen LogP contribution in [0.15, 0.2) is 24.3 Å². The zero-order valence-corrected chi connectivity index (χ0v) is 11.1. The molecule has 0 unspecified atom stereocenters. The summed E-state index contributed by atoms with van der Waals surface area (Å²) in [6.45, 7) is 1.17. The summed E-state index contributed by atoms with van der Waals surface area (Å²) in [5.74, 6) is 0. The largest absolute Gasteiger partial charge is 0.442 e. The van der Waals surface area contributed by atoms with Crippen LogP contribution in [0.5, 0.6) is 0 Å². The van der Waals surface area contributed by atoms with Gasteiger partial charge in [0.2, 0.25) is 0 Å².